The first kappa shape index (κ1) is 27.1. The lowest BCUT2D eigenvalue weighted by molar-refractivity contribution is -0.127. The smallest absolute Gasteiger partial charge is 0.224 e. The Labute approximate surface area is 232 Å². The number of carbonyl (C=O) groups excluding carboxylic acids is 1. The van der Waals surface area contributed by atoms with Crippen LogP contribution in [0.25, 0.3) is 10.8 Å². The summed E-state index contributed by atoms with van der Waals surface area (Å²) in [7, 11) is 2.18. The molecule has 1 saturated carbocycles. The van der Waals surface area contributed by atoms with Crippen molar-refractivity contribution in [3.05, 3.63) is 119 Å². The lowest BCUT2D eigenvalue weighted by atomic mass is 9.74. The van der Waals surface area contributed by atoms with E-state index >= 15 is 0 Å². The number of fused-ring (bicyclic) bond motifs is 1. The SMILES string of the molecule is CC(c1ccc2ccccc2c1)N(C)Cc1ccc([C@H]2CCCCC2C(=O)N[C@@H](CO)c2ccccc2)cc1. The number of nitrogens with one attached hydrogen (secondary N) is 1. The largest absolute Gasteiger partial charge is 0.394 e. The van der Waals surface area contributed by atoms with Crippen molar-refractivity contribution < 1.29 is 9.90 Å². The Hall–Kier alpha value is -3.47. The second-order valence-corrected chi connectivity index (χ2v) is 11.1. The Bertz CT molecular complexity index is 1370. The highest BCUT2D eigenvalue weighted by Gasteiger charge is 2.33. The predicted octanol–water partition coefficient (Wildman–Crippen LogP) is 7.16. The van der Waals surface area contributed by atoms with Crippen LogP contribution in [0.15, 0.2) is 97.1 Å². The topological polar surface area (TPSA) is 52.6 Å². The number of benzene rings is 4. The summed E-state index contributed by atoms with van der Waals surface area (Å²) in [6, 6.07) is 33.8. The van der Waals surface area contributed by atoms with E-state index < -0.39 is 0 Å². The van der Waals surface area contributed by atoms with E-state index in [0.717, 1.165) is 37.8 Å². The second kappa shape index (κ2) is 12.6. The van der Waals surface area contributed by atoms with Crippen LogP contribution in [0.2, 0.25) is 0 Å². The van der Waals surface area contributed by atoms with Crippen molar-refractivity contribution in [2.45, 2.75) is 57.2 Å². The van der Waals surface area contributed by atoms with Crippen molar-refractivity contribution in [3.63, 3.8) is 0 Å². The molecule has 0 saturated heterocycles. The summed E-state index contributed by atoms with van der Waals surface area (Å²) in [5.41, 5.74) is 4.77. The number of carbonyl (C=O) groups is 1. The van der Waals surface area contributed by atoms with E-state index in [1.807, 2.05) is 30.3 Å². The van der Waals surface area contributed by atoms with Gasteiger partial charge >= 0.3 is 0 Å². The highest BCUT2D eigenvalue weighted by Crippen LogP contribution is 2.38. The van der Waals surface area contributed by atoms with Crippen LogP contribution in [-0.4, -0.2) is 29.6 Å². The standard InChI is InChI=1S/C35H40N2O2/c1-25(30-21-20-27-10-6-7-13-31(27)22-30)37(2)23-26-16-18-28(19-17-26)32-14-8-9-15-33(32)35(39)36-34(24-38)29-11-4-3-5-12-29/h3-7,10-13,16-22,25,32-34,38H,8-9,14-15,23-24H2,1-2H3,(H,36,39)/t25?,32-,33?,34+/m1/s1. The van der Waals surface area contributed by atoms with Gasteiger partial charge in [0.15, 0.2) is 0 Å². The normalized spacial score (nSPS) is 19.1. The molecular formula is C35H40N2O2. The van der Waals surface area contributed by atoms with Crippen LogP contribution in [-0.2, 0) is 11.3 Å². The molecule has 1 amide bonds. The Kier molecular flexibility index (Phi) is 8.75. The molecule has 2 N–H and O–H groups in total. The molecule has 39 heavy (non-hydrogen) atoms. The van der Waals surface area contributed by atoms with Gasteiger partial charge in [-0.1, -0.05) is 104 Å². The van der Waals surface area contributed by atoms with Crippen LogP contribution in [0.1, 0.15) is 72.9 Å². The number of aliphatic hydroxyl groups is 1. The molecule has 0 bridgehead atoms. The van der Waals surface area contributed by atoms with Gasteiger partial charge in [0, 0.05) is 18.5 Å². The van der Waals surface area contributed by atoms with Crippen LogP contribution in [0.5, 0.6) is 0 Å². The van der Waals surface area contributed by atoms with Gasteiger partial charge in [-0.05, 0) is 71.8 Å². The van der Waals surface area contributed by atoms with Gasteiger partial charge in [-0.3, -0.25) is 9.69 Å². The second-order valence-electron chi connectivity index (χ2n) is 11.1. The Morgan fingerprint density at radius 2 is 1.56 bits per heavy atom. The molecule has 0 aromatic heterocycles. The van der Waals surface area contributed by atoms with E-state index in [4.69, 9.17) is 0 Å². The van der Waals surface area contributed by atoms with Crippen LogP contribution in [0.4, 0.5) is 0 Å². The Balaban J connectivity index is 1.24. The van der Waals surface area contributed by atoms with Crippen molar-refractivity contribution in [1.82, 2.24) is 10.2 Å². The fourth-order valence-corrected chi connectivity index (χ4v) is 6.06. The molecule has 4 aromatic carbocycles. The molecule has 202 valence electrons. The maximum absolute atomic E-state index is 13.4. The van der Waals surface area contributed by atoms with E-state index in [0.29, 0.717) is 6.04 Å². The number of rotatable bonds is 9. The fourth-order valence-electron chi connectivity index (χ4n) is 6.06. The van der Waals surface area contributed by atoms with Gasteiger partial charge in [0.1, 0.15) is 0 Å². The maximum atomic E-state index is 13.4. The third-order valence-corrected chi connectivity index (χ3v) is 8.56. The molecule has 1 fully saturated rings. The number of hydrogen-bond acceptors (Lipinski definition) is 3. The van der Waals surface area contributed by atoms with E-state index in [9.17, 15) is 9.90 Å². The van der Waals surface area contributed by atoms with Crippen molar-refractivity contribution in [3.8, 4) is 0 Å². The summed E-state index contributed by atoms with van der Waals surface area (Å²) in [6.07, 6.45) is 4.12. The fraction of sp³-hybridized carbons (Fsp3) is 0.343. The molecule has 0 radical (unpaired) electrons. The lowest BCUT2D eigenvalue weighted by Crippen LogP contribution is -2.39. The van der Waals surface area contributed by atoms with E-state index in [1.165, 1.54) is 27.5 Å². The monoisotopic (exact) mass is 520 g/mol. The van der Waals surface area contributed by atoms with Crippen molar-refractivity contribution in [2.24, 2.45) is 5.92 Å². The molecular weight excluding hydrogens is 480 g/mol. The first-order valence-corrected chi connectivity index (χ1v) is 14.3. The van der Waals surface area contributed by atoms with Gasteiger partial charge in [-0.25, -0.2) is 0 Å². The summed E-state index contributed by atoms with van der Waals surface area (Å²) in [4.78, 5) is 15.8. The van der Waals surface area contributed by atoms with Crippen molar-refractivity contribution >= 4 is 16.7 Å². The quantitative estimate of drug-likeness (QED) is 0.246. The predicted molar refractivity (Wildman–Crippen MR) is 159 cm³/mol. The van der Waals surface area contributed by atoms with E-state index in [-0.39, 0.29) is 30.4 Å². The van der Waals surface area contributed by atoms with Gasteiger partial charge in [0.2, 0.25) is 5.91 Å². The van der Waals surface area contributed by atoms with Gasteiger partial charge in [-0.2, -0.15) is 0 Å². The summed E-state index contributed by atoms with van der Waals surface area (Å²) in [6.45, 7) is 3.02. The zero-order chi connectivity index (χ0) is 27.2. The number of nitrogens with zero attached hydrogens (tertiary/aromatic N) is 1. The minimum absolute atomic E-state index is 0.0515. The first-order valence-electron chi connectivity index (χ1n) is 14.3. The molecule has 1 aliphatic carbocycles. The molecule has 0 spiro atoms. The molecule has 5 rings (SSSR count). The number of amides is 1. The Morgan fingerprint density at radius 3 is 2.31 bits per heavy atom. The van der Waals surface area contributed by atoms with Crippen LogP contribution < -0.4 is 5.32 Å². The molecule has 4 heteroatoms. The van der Waals surface area contributed by atoms with Gasteiger partial charge < -0.3 is 10.4 Å². The van der Waals surface area contributed by atoms with Crippen LogP contribution >= 0.6 is 0 Å². The van der Waals surface area contributed by atoms with Crippen molar-refractivity contribution in [2.75, 3.05) is 13.7 Å². The average molecular weight is 521 g/mol. The molecule has 4 atom stereocenters. The summed E-state index contributed by atoms with van der Waals surface area (Å²) in [5.74, 6) is 0.186. The maximum Gasteiger partial charge on any atom is 0.224 e. The molecule has 4 aromatic rings. The third-order valence-electron chi connectivity index (χ3n) is 8.56. The average Bonchev–Trinajstić information content (AvgIpc) is 3.00. The van der Waals surface area contributed by atoms with Crippen LogP contribution in [0, 0.1) is 5.92 Å². The highest BCUT2D eigenvalue weighted by atomic mass is 16.3. The molecule has 4 nitrogen and oxygen atoms in total. The van der Waals surface area contributed by atoms with Gasteiger partial charge in [0.05, 0.1) is 12.6 Å². The van der Waals surface area contributed by atoms with Crippen molar-refractivity contribution in [1.29, 1.82) is 0 Å². The number of aliphatic hydroxyl groups excluding tert-OH is 1. The summed E-state index contributed by atoms with van der Waals surface area (Å²) in [5, 5.41) is 15.6. The molecule has 0 aliphatic heterocycles. The molecule has 2 unspecified atom stereocenters. The first-order chi connectivity index (χ1) is 19.0. The zero-order valence-electron chi connectivity index (χ0n) is 23.1. The lowest BCUT2D eigenvalue weighted by Gasteiger charge is -2.32. The highest BCUT2D eigenvalue weighted by molar-refractivity contribution is 5.83. The number of hydrogen-bond donors (Lipinski definition) is 2. The van der Waals surface area contributed by atoms with Gasteiger partial charge in [0.25, 0.3) is 0 Å². The molecule has 0 heterocycles. The zero-order valence-corrected chi connectivity index (χ0v) is 23.1. The van der Waals surface area contributed by atoms with Crippen LogP contribution in [0.3, 0.4) is 0 Å². The van der Waals surface area contributed by atoms with E-state index in [1.54, 1.807) is 0 Å². The third kappa shape index (κ3) is 6.41. The minimum atomic E-state index is -0.371. The van der Waals surface area contributed by atoms with E-state index in [2.05, 4.69) is 90.9 Å². The minimum Gasteiger partial charge on any atom is -0.394 e. The summed E-state index contributed by atoms with van der Waals surface area (Å²) < 4.78 is 0. The summed E-state index contributed by atoms with van der Waals surface area (Å²) >= 11 is 0. The van der Waals surface area contributed by atoms with Gasteiger partial charge in [-0.15, -0.1) is 0 Å². The Morgan fingerprint density at radius 1 is 0.872 bits per heavy atom. The molecule has 1 aliphatic rings.